The van der Waals surface area contributed by atoms with Crippen LogP contribution in [-0.2, 0) is 4.74 Å². The van der Waals surface area contributed by atoms with Crippen LogP contribution < -0.4 is 20.7 Å². The van der Waals surface area contributed by atoms with E-state index in [4.69, 9.17) is 15.2 Å². The number of nitrogen functional groups attached to an aromatic ring is 1. The lowest BCUT2D eigenvalue weighted by molar-refractivity contribution is 0.0240. The number of carbonyl (C=O) groups is 2. The number of nitrogens with zero attached hydrogens (tertiary/aromatic N) is 3. The highest BCUT2D eigenvalue weighted by molar-refractivity contribution is 7.18. The van der Waals surface area contributed by atoms with Gasteiger partial charge in [-0.05, 0) is 63.2 Å². The maximum atomic E-state index is 13.7. The zero-order chi connectivity index (χ0) is 26.7. The largest absolute Gasteiger partial charge is 0.494 e. The van der Waals surface area contributed by atoms with Crippen LogP contribution in [0.3, 0.4) is 0 Å². The SMILES string of the molecule is COc1cc(C(=O)c2sc(Nc3ccc(N4CCN(C(=O)OC(C)(C)C)CC4)cc3)nc2N)ccc1F. The fourth-order valence-corrected chi connectivity index (χ4v) is 4.70. The Morgan fingerprint density at radius 2 is 1.76 bits per heavy atom. The van der Waals surface area contributed by atoms with Gasteiger partial charge in [0.2, 0.25) is 5.78 Å². The van der Waals surface area contributed by atoms with Gasteiger partial charge in [0, 0.05) is 43.1 Å². The number of hydrogen-bond acceptors (Lipinski definition) is 9. The van der Waals surface area contributed by atoms with Crippen molar-refractivity contribution in [1.82, 2.24) is 9.88 Å². The summed E-state index contributed by atoms with van der Waals surface area (Å²) in [6, 6.07) is 11.7. The number of aromatic nitrogens is 1. The van der Waals surface area contributed by atoms with E-state index in [-0.39, 0.29) is 33.9 Å². The maximum Gasteiger partial charge on any atom is 0.410 e. The number of amides is 1. The Labute approximate surface area is 219 Å². The van der Waals surface area contributed by atoms with E-state index in [1.165, 1.54) is 25.3 Å². The molecule has 0 atom stereocenters. The first kappa shape index (κ1) is 26.2. The second-order valence-electron chi connectivity index (χ2n) is 9.54. The van der Waals surface area contributed by atoms with E-state index < -0.39 is 11.4 Å². The molecule has 0 spiro atoms. The summed E-state index contributed by atoms with van der Waals surface area (Å²) in [4.78, 5) is 33.7. The third-order valence-corrected chi connectivity index (χ3v) is 6.67. The van der Waals surface area contributed by atoms with E-state index >= 15 is 0 Å². The number of ketones is 1. The summed E-state index contributed by atoms with van der Waals surface area (Å²) >= 11 is 1.12. The molecular weight excluding hydrogens is 497 g/mol. The number of rotatable bonds is 6. The molecule has 37 heavy (non-hydrogen) atoms. The number of halogens is 1. The molecule has 1 saturated heterocycles. The van der Waals surface area contributed by atoms with Crippen LogP contribution in [0.2, 0.25) is 0 Å². The number of ether oxygens (including phenoxy) is 2. The lowest BCUT2D eigenvalue weighted by atomic mass is 10.1. The number of benzene rings is 2. The van der Waals surface area contributed by atoms with Gasteiger partial charge in [0.25, 0.3) is 0 Å². The lowest BCUT2D eigenvalue weighted by Crippen LogP contribution is -2.50. The molecule has 0 bridgehead atoms. The molecular formula is C26H30FN5O4S. The highest BCUT2D eigenvalue weighted by atomic mass is 32.1. The molecule has 11 heteroatoms. The van der Waals surface area contributed by atoms with E-state index in [0.717, 1.165) is 22.7 Å². The van der Waals surface area contributed by atoms with Crippen molar-refractivity contribution in [3.8, 4) is 5.75 Å². The van der Waals surface area contributed by atoms with Crippen molar-refractivity contribution in [1.29, 1.82) is 0 Å². The minimum absolute atomic E-state index is 0.0152. The number of methoxy groups -OCH3 is 1. The first-order valence-electron chi connectivity index (χ1n) is 11.8. The van der Waals surface area contributed by atoms with Crippen LogP contribution in [0.4, 0.5) is 31.5 Å². The summed E-state index contributed by atoms with van der Waals surface area (Å²) in [5.41, 5.74) is 7.58. The lowest BCUT2D eigenvalue weighted by Gasteiger charge is -2.36. The number of anilines is 4. The topological polar surface area (TPSA) is 110 Å². The number of nitrogens with two attached hydrogens (primary N) is 1. The van der Waals surface area contributed by atoms with Crippen molar-refractivity contribution >= 4 is 45.5 Å². The Bertz CT molecular complexity index is 1280. The average Bonchev–Trinajstić information content (AvgIpc) is 3.23. The normalized spacial score (nSPS) is 13.9. The number of nitrogens with one attached hydrogen (secondary N) is 1. The third-order valence-electron chi connectivity index (χ3n) is 5.69. The second kappa shape index (κ2) is 10.6. The molecule has 1 amide bonds. The van der Waals surface area contributed by atoms with Gasteiger partial charge in [-0.2, -0.15) is 0 Å². The Morgan fingerprint density at radius 1 is 1.08 bits per heavy atom. The first-order chi connectivity index (χ1) is 17.5. The molecule has 1 aromatic heterocycles. The summed E-state index contributed by atoms with van der Waals surface area (Å²) in [6.07, 6.45) is -0.286. The summed E-state index contributed by atoms with van der Waals surface area (Å²) in [5.74, 6) is -0.826. The Kier molecular flexibility index (Phi) is 7.53. The van der Waals surface area contributed by atoms with Crippen molar-refractivity contribution in [2.45, 2.75) is 26.4 Å². The van der Waals surface area contributed by atoms with Crippen LogP contribution >= 0.6 is 11.3 Å². The molecule has 1 fully saturated rings. The summed E-state index contributed by atoms with van der Waals surface area (Å²) < 4.78 is 24.1. The van der Waals surface area contributed by atoms with Gasteiger partial charge in [-0.1, -0.05) is 11.3 Å². The molecule has 0 unspecified atom stereocenters. The van der Waals surface area contributed by atoms with Gasteiger partial charge in [-0.3, -0.25) is 4.79 Å². The predicted octanol–water partition coefficient (Wildman–Crippen LogP) is 4.90. The molecule has 3 N–H and O–H groups in total. The Morgan fingerprint density at radius 3 is 2.38 bits per heavy atom. The molecule has 3 aromatic rings. The molecule has 4 rings (SSSR count). The molecule has 0 radical (unpaired) electrons. The van der Waals surface area contributed by atoms with Gasteiger partial charge in [-0.15, -0.1) is 0 Å². The third kappa shape index (κ3) is 6.29. The van der Waals surface area contributed by atoms with Gasteiger partial charge in [0.05, 0.1) is 7.11 Å². The van der Waals surface area contributed by atoms with E-state index in [1.807, 2.05) is 45.0 Å². The standard InChI is InChI=1S/C26H30FN5O4S/c1-26(2,3)36-25(34)32-13-11-31(12-14-32)18-8-6-17(7-9-18)29-24-30-23(28)22(37-24)21(33)16-5-10-19(27)20(15-16)35-4/h5-10,15H,11-14,28H2,1-4H3,(H,29,30). The molecule has 1 aliphatic rings. The van der Waals surface area contributed by atoms with E-state index in [9.17, 15) is 14.0 Å². The number of hydrogen-bond donors (Lipinski definition) is 2. The van der Waals surface area contributed by atoms with Crippen LogP contribution in [0.1, 0.15) is 36.0 Å². The number of thiazole rings is 1. The molecule has 0 aliphatic carbocycles. The van der Waals surface area contributed by atoms with Crippen LogP contribution in [0.5, 0.6) is 5.75 Å². The Hall–Kier alpha value is -3.86. The van der Waals surface area contributed by atoms with E-state index in [0.29, 0.717) is 31.3 Å². The summed E-state index contributed by atoms with van der Waals surface area (Å²) in [5, 5.41) is 3.65. The highest BCUT2D eigenvalue weighted by Gasteiger charge is 2.26. The summed E-state index contributed by atoms with van der Waals surface area (Å²) in [7, 11) is 1.34. The van der Waals surface area contributed by atoms with Crippen molar-refractivity contribution in [2.75, 3.05) is 49.2 Å². The Balaban J connectivity index is 1.37. The maximum absolute atomic E-state index is 13.7. The molecule has 0 saturated carbocycles. The molecule has 9 nitrogen and oxygen atoms in total. The van der Waals surface area contributed by atoms with Crippen molar-refractivity contribution in [3.05, 3.63) is 58.7 Å². The summed E-state index contributed by atoms with van der Waals surface area (Å²) in [6.45, 7) is 8.16. The van der Waals surface area contributed by atoms with Gasteiger partial charge in [0.1, 0.15) is 16.3 Å². The molecule has 2 aromatic carbocycles. The highest BCUT2D eigenvalue weighted by Crippen LogP contribution is 2.31. The fraction of sp³-hybridized carbons (Fsp3) is 0.346. The van der Waals surface area contributed by atoms with Gasteiger partial charge in [-0.25, -0.2) is 14.2 Å². The van der Waals surface area contributed by atoms with Crippen molar-refractivity contribution < 1.29 is 23.5 Å². The van der Waals surface area contributed by atoms with Crippen molar-refractivity contribution in [2.24, 2.45) is 0 Å². The van der Waals surface area contributed by atoms with Crippen LogP contribution in [0.25, 0.3) is 0 Å². The van der Waals surface area contributed by atoms with E-state index in [2.05, 4.69) is 15.2 Å². The first-order valence-corrected chi connectivity index (χ1v) is 12.6. The minimum atomic E-state index is -0.549. The van der Waals surface area contributed by atoms with Crippen LogP contribution in [-0.4, -0.2) is 60.7 Å². The monoisotopic (exact) mass is 527 g/mol. The van der Waals surface area contributed by atoms with Gasteiger partial charge < -0.3 is 30.3 Å². The zero-order valence-electron chi connectivity index (χ0n) is 21.2. The van der Waals surface area contributed by atoms with Gasteiger partial charge in [0.15, 0.2) is 16.7 Å². The number of piperazine rings is 1. The average molecular weight is 528 g/mol. The fourth-order valence-electron chi connectivity index (χ4n) is 3.83. The van der Waals surface area contributed by atoms with Crippen LogP contribution in [0.15, 0.2) is 42.5 Å². The predicted molar refractivity (Wildman–Crippen MR) is 143 cm³/mol. The molecule has 2 heterocycles. The van der Waals surface area contributed by atoms with Gasteiger partial charge >= 0.3 is 6.09 Å². The van der Waals surface area contributed by atoms with E-state index in [1.54, 1.807) is 4.90 Å². The quantitative estimate of drug-likeness (QED) is 0.436. The second-order valence-corrected chi connectivity index (χ2v) is 10.5. The van der Waals surface area contributed by atoms with Crippen molar-refractivity contribution in [3.63, 3.8) is 0 Å². The zero-order valence-corrected chi connectivity index (χ0v) is 22.0. The minimum Gasteiger partial charge on any atom is -0.494 e. The number of carbonyl (C=O) groups excluding carboxylic acids is 2. The molecule has 1 aliphatic heterocycles. The van der Waals surface area contributed by atoms with Crippen LogP contribution in [0, 0.1) is 5.82 Å². The molecule has 196 valence electrons. The smallest absolute Gasteiger partial charge is 0.410 e.